The molecule has 0 saturated carbocycles. The number of carbonyl (C=O) groups excluding carboxylic acids is 3. The van der Waals surface area contributed by atoms with Gasteiger partial charge in [-0.05, 0) is 50.9 Å². The van der Waals surface area contributed by atoms with Gasteiger partial charge in [0.1, 0.15) is 11.6 Å². The van der Waals surface area contributed by atoms with Gasteiger partial charge in [0.2, 0.25) is 17.7 Å². The first kappa shape index (κ1) is 27.9. The third kappa shape index (κ3) is 4.50. The molecule has 200 valence electrons. The van der Waals surface area contributed by atoms with Crippen LogP contribution < -0.4 is 10.6 Å². The lowest BCUT2D eigenvalue weighted by Crippen LogP contribution is -2.62. The molecule has 3 rings (SSSR count). The van der Waals surface area contributed by atoms with Crippen molar-refractivity contribution < 1.29 is 24.2 Å². The van der Waals surface area contributed by atoms with Crippen LogP contribution >= 0.6 is 0 Å². The first-order valence-electron chi connectivity index (χ1n) is 13.3. The van der Waals surface area contributed by atoms with Gasteiger partial charge in [-0.15, -0.1) is 0 Å². The van der Waals surface area contributed by atoms with Crippen molar-refractivity contribution in [3.05, 3.63) is 0 Å². The molecule has 3 amide bonds. The summed E-state index contributed by atoms with van der Waals surface area (Å²) >= 11 is 0. The molecule has 0 aromatic rings. The fraction of sp³-hybridized carbons (Fsp3) is 0.889. The number of aliphatic hydroxyl groups is 1. The van der Waals surface area contributed by atoms with Gasteiger partial charge in [-0.2, -0.15) is 0 Å². The number of nitrogens with one attached hydrogen (secondary N) is 2. The maximum Gasteiger partial charge on any atom is 0.246 e. The molecule has 2 unspecified atom stereocenters. The SMILES string of the molecule is CC[C@H](C)[C@H](CO)N1C(=O)[C@@H]2[C@H](C(=O)NC)[C@]3(CC)CCC2(O3)C1C(=O)NC(C)(C)CC(C)(C)C. The number of rotatable bonds is 9. The molecule has 3 heterocycles. The van der Waals surface area contributed by atoms with Crippen molar-refractivity contribution >= 4 is 17.7 Å². The normalized spacial score (nSPS) is 34.1. The van der Waals surface area contributed by atoms with E-state index in [1.807, 2.05) is 34.6 Å². The van der Waals surface area contributed by atoms with Crippen LogP contribution in [0.5, 0.6) is 0 Å². The van der Waals surface area contributed by atoms with Gasteiger partial charge >= 0.3 is 0 Å². The fourth-order valence-corrected chi connectivity index (χ4v) is 7.45. The topological polar surface area (TPSA) is 108 Å². The van der Waals surface area contributed by atoms with Crippen LogP contribution in [0.2, 0.25) is 0 Å². The molecule has 8 heteroatoms. The first-order valence-corrected chi connectivity index (χ1v) is 13.3. The first-order chi connectivity index (χ1) is 16.1. The highest BCUT2D eigenvalue weighted by Gasteiger charge is 2.79. The van der Waals surface area contributed by atoms with Gasteiger partial charge < -0.3 is 25.4 Å². The smallest absolute Gasteiger partial charge is 0.246 e. The minimum absolute atomic E-state index is 0.00790. The summed E-state index contributed by atoms with van der Waals surface area (Å²) in [5.74, 6) is -2.14. The Hall–Kier alpha value is -1.67. The standard InChI is InChI=1S/C27H47N3O5/c1-10-16(3)17(14-31)30-20(22(33)29-25(7,8)15-24(4,5)6)27-13-12-26(11-2,35-27)18(21(32)28-9)19(27)23(30)34/h16-20,31H,10-15H2,1-9H3,(H,28,32)(H,29,33)/t16-,17-,18+,19-,20?,26-,27?/m0/s1. The highest BCUT2D eigenvalue weighted by molar-refractivity contribution is 5.99. The zero-order chi connectivity index (χ0) is 26.6. The molecule has 1 spiro atoms. The molecular weight excluding hydrogens is 446 g/mol. The number of aliphatic hydroxyl groups excluding tert-OH is 1. The molecule has 3 fully saturated rings. The predicted octanol–water partition coefficient (Wildman–Crippen LogP) is 2.63. The van der Waals surface area contributed by atoms with Crippen molar-refractivity contribution in [2.24, 2.45) is 23.2 Å². The Balaban J connectivity index is 2.12. The van der Waals surface area contributed by atoms with Gasteiger partial charge in [0.05, 0.1) is 30.1 Å². The minimum Gasteiger partial charge on any atom is -0.394 e. The summed E-state index contributed by atoms with van der Waals surface area (Å²) in [6.45, 7) is 16.1. The number of ether oxygens (including phenoxy) is 1. The average Bonchev–Trinajstić information content (AvgIpc) is 3.35. The molecule has 0 aromatic heterocycles. The molecule has 3 aliphatic heterocycles. The van der Waals surface area contributed by atoms with Gasteiger partial charge in [-0.25, -0.2) is 0 Å². The summed E-state index contributed by atoms with van der Waals surface area (Å²) in [5.41, 5.74) is -2.35. The number of hydrogen-bond donors (Lipinski definition) is 3. The monoisotopic (exact) mass is 493 g/mol. The van der Waals surface area contributed by atoms with E-state index in [2.05, 4.69) is 31.4 Å². The van der Waals surface area contributed by atoms with Crippen LogP contribution in [-0.2, 0) is 19.1 Å². The van der Waals surface area contributed by atoms with Crippen LogP contribution in [0.15, 0.2) is 0 Å². The van der Waals surface area contributed by atoms with Gasteiger partial charge in [-0.1, -0.05) is 48.0 Å². The lowest BCUT2D eigenvalue weighted by Gasteiger charge is -2.41. The number of hydrogen-bond acceptors (Lipinski definition) is 5. The Labute approximate surface area is 210 Å². The van der Waals surface area contributed by atoms with Gasteiger partial charge in [0.25, 0.3) is 0 Å². The highest BCUT2D eigenvalue weighted by atomic mass is 16.5. The van der Waals surface area contributed by atoms with E-state index in [0.29, 0.717) is 19.3 Å². The van der Waals surface area contributed by atoms with Gasteiger partial charge in [0, 0.05) is 12.6 Å². The van der Waals surface area contributed by atoms with Crippen LogP contribution in [0.25, 0.3) is 0 Å². The Kier molecular flexibility index (Phi) is 7.44. The summed E-state index contributed by atoms with van der Waals surface area (Å²) < 4.78 is 6.75. The molecular formula is C27H47N3O5. The van der Waals surface area contributed by atoms with E-state index in [9.17, 15) is 19.5 Å². The maximum atomic E-state index is 14.2. The fourth-order valence-electron chi connectivity index (χ4n) is 7.45. The van der Waals surface area contributed by atoms with Crippen LogP contribution in [-0.4, -0.2) is 70.2 Å². The van der Waals surface area contributed by atoms with Gasteiger partial charge in [0.15, 0.2) is 0 Å². The molecule has 3 aliphatic rings. The second kappa shape index (κ2) is 9.33. The third-order valence-corrected chi connectivity index (χ3v) is 8.68. The summed E-state index contributed by atoms with van der Waals surface area (Å²) in [5, 5.41) is 16.4. The number of fused-ring (bicyclic) bond motifs is 1. The third-order valence-electron chi connectivity index (χ3n) is 8.68. The maximum absolute atomic E-state index is 14.2. The molecule has 0 aromatic carbocycles. The Morgan fingerprint density at radius 1 is 1.17 bits per heavy atom. The molecule has 3 N–H and O–H groups in total. The van der Waals surface area contributed by atoms with E-state index in [-0.39, 0.29) is 35.7 Å². The van der Waals surface area contributed by atoms with Crippen molar-refractivity contribution in [1.29, 1.82) is 0 Å². The Morgan fingerprint density at radius 3 is 2.29 bits per heavy atom. The van der Waals surface area contributed by atoms with Gasteiger partial charge in [-0.3, -0.25) is 14.4 Å². The summed E-state index contributed by atoms with van der Waals surface area (Å²) in [7, 11) is 1.58. The quantitative estimate of drug-likeness (QED) is 0.458. The van der Waals surface area contributed by atoms with E-state index in [1.165, 1.54) is 0 Å². The van der Waals surface area contributed by atoms with E-state index in [1.54, 1.807) is 11.9 Å². The van der Waals surface area contributed by atoms with Crippen molar-refractivity contribution in [2.45, 2.75) is 116 Å². The van der Waals surface area contributed by atoms with E-state index < -0.39 is 40.7 Å². The lowest BCUT2D eigenvalue weighted by molar-refractivity contribution is -0.153. The second-order valence-electron chi connectivity index (χ2n) is 12.9. The molecule has 7 atom stereocenters. The highest BCUT2D eigenvalue weighted by Crippen LogP contribution is 2.64. The minimum atomic E-state index is -1.08. The van der Waals surface area contributed by atoms with Crippen LogP contribution in [0.1, 0.15) is 87.5 Å². The summed E-state index contributed by atoms with van der Waals surface area (Å²) in [6.07, 6.45) is 3.25. The number of likely N-dealkylation sites (tertiary alicyclic amines) is 1. The number of carbonyl (C=O) groups is 3. The molecule has 35 heavy (non-hydrogen) atoms. The molecule has 3 saturated heterocycles. The van der Waals surface area contributed by atoms with Crippen LogP contribution in [0.3, 0.4) is 0 Å². The number of nitrogens with zero attached hydrogens (tertiary/aromatic N) is 1. The zero-order valence-corrected chi connectivity index (χ0v) is 23.2. The van der Waals surface area contributed by atoms with Crippen molar-refractivity contribution in [3.63, 3.8) is 0 Å². The van der Waals surface area contributed by atoms with Crippen LogP contribution in [0, 0.1) is 23.2 Å². The lowest BCUT2D eigenvalue weighted by atomic mass is 9.65. The Bertz CT molecular complexity index is 852. The van der Waals surface area contributed by atoms with Crippen molar-refractivity contribution in [1.82, 2.24) is 15.5 Å². The largest absolute Gasteiger partial charge is 0.394 e. The molecule has 2 bridgehead atoms. The Morgan fingerprint density at radius 2 is 1.80 bits per heavy atom. The molecule has 0 aliphatic carbocycles. The van der Waals surface area contributed by atoms with Crippen molar-refractivity contribution in [3.8, 4) is 0 Å². The summed E-state index contributed by atoms with van der Waals surface area (Å²) in [6, 6.07) is -1.42. The molecule has 8 nitrogen and oxygen atoms in total. The average molecular weight is 494 g/mol. The molecule has 0 radical (unpaired) electrons. The van der Waals surface area contributed by atoms with E-state index in [4.69, 9.17) is 4.74 Å². The predicted molar refractivity (Wildman–Crippen MR) is 134 cm³/mol. The van der Waals surface area contributed by atoms with Crippen molar-refractivity contribution in [2.75, 3.05) is 13.7 Å². The summed E-state index contributed by atoms with van der Waals surface area (Å²) in [4.78, 5) is 43.0. The van der Waals surface area contributed by atoms with Crippen LogP contribution in [0.4, 0.5) is 0 Å². The zero-order valence-electron chi connectivity index (χ0n) is 23.2. The van der Waals surface area contributed by atoms with E-state index >= 15 is 0 Å². The van der Waals surface area contributed by atoms with E-state index in [0.717, 1.165) is 12.8 Å². The second-order valence-corrected chi connectivity index (χ2v) is 12.9. The number of amides is 3.